The minimum atomic E-state index is -0.961. The van der Waals surface area contributed by atoms with Gasteiger partial charge in [-0.25, -0.2) is 9.59 Å². The highest BCUT2D eigenvalue weighted by Crippen LogP contribution is 2.13. The van der Waals surface area contributed by atoms with E-state index in [2.05, 4.69) is 5.32 Å². The minimum absolute atomic E-state index is 0.0609. The number of nitrogens with zero attached hydrogens (tertiary/aromatic N) is 1. The number of amides is 2. The zero-order valence-corrected chi connectivity index (χ0v) is 13.2. The van der Waals surface area contributed by atoms with Gasteiger partial charge in [0.1, 0.15) is 0 Å². The molecular weight excluding hydrogens is 300 g/mol. The van der Waals surface area contributed by atoms with Crippen LogP contribution in [-0.4, -0.2) is 61.5 Å². The Labute approximate surface area is 135 Å². The number of carboxylic acid groups (broad SMARTS) is 1. The molecule has 0 spiro atoms. The third kappa shape index (κ3) is 5.22. The first-order valence-electron chi connectivity index (χ1n) is 7.55. The summed E-state index contributed by atoms with van der Waals surface area (Å²) in [5, 5.41) is 11.7. The number of carbonyl (C=O) groups is 2. The highest BCUT2D eigenvalue weighted by Gasteiger charge is 2.26. The third-order valence-corrected chi connectivity index (χ3v) is 3.72. The van der Waals surface area contributed by atoms with Crippen molar-refractivity contribution in [3.05, 3.63) is 35.4 Å². The maximum atomic E-state index is 12.1. The zero-order chi connectivity index (χ0) is 16.7. The Morgan fingerprint density at radius 1 is 1.30 bits per heavy atom. The van der Waals surface area contributed by atoms with Gasteiger partial charge in [-0.1, -0.05) is 12.1 Å². The largest absolute Gasteiger partial charge is 0.478 e. The molecule has 0 saturated carbocycles. The van der Waals surface area contributed by atoms with Crippen LogP contribution in [0.2, 0.25) is 0 Å². The van der Waals surface area contributed by atoms with Crippen molar-refractivity contribution >= 4 is 12.0 Å². The highest BCUT2D eigenvalue weighted by molar-refractivity contribution is 5.87. The van der Waals surface area contributed by atoms with E-state index in [0.717, 1.165) is 12.0 Å². The molecule has 126 valence electrons. The number of nitrogens with one attached hydrogen (secondary N) is 1. The SMILES string of the molecule is COCCOC1CCN(C(=O)NCc2ccc(C(=O)O)cc2)C1. The molecule has 1 atom stereocenters. The topological polar surface area (TPSA) is 88.1 Å². The molecule has 2 rings (SSSR count). The van der Waals surface area contributed by atoms with Crippen molar-refractivity contribution in [2.75, 3.05) is 33.4 Å². The predicted molar refractivity (Wildman–Crippen MR) is 83.4 cm³/mol. The lowest BCUT2D eigenvalue weighted by Gasteiger charge is -2.17. The summed E-state index contributed by atoms with van der Waals surface area (Å²) >= 11 is 0. The van der Waals surface area contributed by atoms with Gasteiger partial charge >= 0.3 is 12.0 Å². The van der Waals surface area contributed by atoms with E-state index in [4.69, 9.17) is 14.6 Å². The van der Waals surface area contributed by atoms with E-state index in [0.29, 0.717) is 32.8 Å². The number of aromatic carboxylic acids is 1. The van der Waals surface area contributed by atoms with E-state index < -0.39 is 5.97 Å². The van der Waals surface area contributed by atoms with Crippen molar-refractivity contribution in [1.82, 2.24) is 10.2 Å². The molecule has 1 saturated heterocycles. The van der Waals surface area contributed by atoms with Crippen molar-refractivity contribution in [1.29, 1.82) is 0 Å². The zero-order valence-electron chi connectivity index (χ0n) is 13.2. The lowest BCUT2D eigenvalue weighted by Crippen LogP contribution is -2.38. The highest BCUT2D eigenvalue weighted by atomic mass is 16.5. The average Bonchev–Trinajstić information content (AvgIpc) is 3.02. The molecule has 0 aromatic heterocycles. The van der Waals surface area contributed by atoms with Gasteiger partial charge in [-0.3, -0.25) is 0 Å². The summed E-state index contributed by atoms with van der Waals surface area (Å²) in [6, 6.07) is 6.32. The molecule has 2 amide bonds. The summed E-state index contributed by atoms with van der Waals surface area (Å²) in [5.74, 6) is -0.961. The van der Waals surface area contributed by atoms with Crippen molar-refractivity contribution in [3.8, 4) is 0 Å². The van der Waals surface area contributed by atoms with Gasteiger partial charge in [-0.2, -0.15) is 0 Å². The average molecular weight is 322 g/mol. The molecule has 2 N–H and O–H groups in total. The smallest absolute Gasteiger partial charge is 0.335 e. The summed E-state index contributed by atoms with van der Waals surface area (Å²) in [7, 11) is 1.63. The van der Waals surface area contributed by atoms with Crippen molar-refractivity contribution < 1.29 is 24.2 Å². The van der Waals surface area contributed by atoms with Crippen molar-refractivity contribution in [2.24, 2.45) is 0 Å². The molecule has 7 heteroatoms. The molecule has 0 radical (unpaired) electrons. The second-order valence-electron chi connectivity index (χ2n) is 5.38. The predicted octanol–water partition coefficient (Wildman–Crippen LogP) is 1.33. The van der Waals surface area contributed by atoms with Crippen LogP contribution in [0.25, 0.3) is 0 Å². The van der Waals surface area contributed by atoms with E-state index in [1.807, 2.05) is 0 Å². The summed E-state index contributed by atoms with van der Waals surface area (Å²) in [5.41, 5.74) is 1.09. The Hall–Kier alpha value is -2.12. The lowest BCUT2D eigenvalue weighted by molar-refractivity contribution is 0.0236. The summed E-state index contributed by atoms with van der Waals surface area (Å²) in [4.78, 5) is 24.6. The number of carbonyl (C=O) groups excluding carboxylic acids is 1. The van der Waals surface area contributed by atoms with E-state index in [1.165, 1.54) is 12.1 Å². The Balaban J connectivity index is 1.73. The molecule has 1 aromatic rings. The molecule has 0 bridgehead atoms. The van der Waals surface area contributed by atoms with Crippen LogP contribution in [0.1, 0.15) is 22.3 Å². The van der Waals surface area contributed by atoms with Crippen LogP contribution in [0, 0.1) is 0 Å². The normalized spacial score (nSPS) is 17.3. The number of likely N-dealkylation sites (tertiary alicyclic amines) is 1. The first-order valence-corrected chi connectivity index (χ1v) is 7.55. The van der Waals surface area contributed by atoms with Crippen LogP contribution in [-0.2, 0) is 16.0 Å². The monoisotopic (exact) mass is 322 g/mol. The third-order valence-electron chi connectivity index (χ3n) is 3.72. The number of rotatable bonds is 7. The van der Waals surface area contributed by atoms with E-state index >= 15 is 0 Å². The van der Waals surface area contributed by atoms with Crippen molar-refractivity contribution in [2.45, 2.75) is 19.1 Å². The van der Waals surface area contributed by atoms with E-state index in [1.54, 1.807) is 24.1 Å². The molecule has 7 nitrogen and oxygen atoms in total. The van der Waals surface area contributed by atoms with Gasteiger partial charge in [0.2, 0.25) is 0 Å². The molecule has 1 aromatic carbocycles. The second kappa shape index (κ2) is 8.50. The fourth-order valence-corrected chi connectivity index (χ4v) is 2.40. The number of ether oxygens (including phenoxy) is 2. The summed E-state index contributed by atoms with van der Waals surface area (Å²) < 4.78 is 10.6. The minimum Gasteiger partial charge on any atom is -0.478 e. The Morgan fingerprint density at radius 2 is 2.04 bits per heavy atom. The molecule has 1 aliphatic rings. The standard InChI is InChI=1S/C16H22N2O5/c1-22-8-9-23-14-6-7-18(11-14)16(21)17-10-12-2-4-13(5-3-12)15(19)20/h2-5,14H,6-11H2,1H3,(H,17,21)(H,19,20). The first-order chi connectivity index (χ1) is 11.1. The number of methoxy groups -OCH3 is 1. The van der Waals surface area contributed by atoms with Gasteiger partial charge in [-0.15, -0.1) is 0 Å². The van der Waals surface area contributed by atoms with Crippen LogP contribution in [0.5, 0.6) is 0 Å². The fraction of sp³-hybridized carbons (Fsp3) is 0.500. The fourth-order valence-electron chi connectivity index (χ4n) is 2.40. The quantitative estimate of drug-likeness (QED) is 0.740. The maximum Gasteiger partial charge on any atom is 0.335 e. The Kier molecular flexibility index (Phi) is 6.37. The molecule has 23 heavy (non-hydrogen) atoms. The molecule has 1 aliphatic heterocycles. The van der Waals surface area contributed by atoms with Crippen LogP contribution >= 0.6 is 0 Å². The summed E-state index contributed by atoms with van der Waals surface area (Å²) in [6.07, 6.45) is 0.885. The Bertz CT molecular complexity index is 532. The molecule has 1 unspecified atom stereocenters. The first kappa shape index (κ1) is 17.2. The van der Waals surface area contributed by atoms with Crippen LogP contribution < -0.4 is 5.32 Å². The number of hydrogen-bond acceptors (Lipinski definition) is 4. The van der Waals surface area contributed by atoms with Crippen LogP contribution in [0.15, 0.2) is 24.3 Å². The second-order valence-corrected chi connectivity index (χ2v) is 5.38. The molecule has 1 heterocycles. The van der Waals surface area contributed by atoms with E-state index in [9.17, 15) is 9.59 Å². The van der Waals surface area contributed by atoms with E-state index in [-0.39, 0.29) is 17.7 Å². The summed E-state index contributed by atoms with van der Waals surface area (Å²) in [6.45, 7) is 2.70. The van der Waals surface area contributed by atoms with Crippen LogP contribution in [0.4, 0.5) is 4.79 Å². The van der Waals surface area contributed by atoms with Gasteiger partial charge in [0, 0.05) is 26.7 Å². The van der Waals surface area contributed by atoms with Gasteiger partial charge in [0.25, 0.3) is 0 Å². The molecular formula is C16H22N2O5. The van der Waals surface area contributed by atoms with Gasteiger partial charge < -0.3 is 24.8 Å². The Morgan fingerprint density at radius 3 is 2.70 bits per heavy atom. The van der Waals surface area contributed by atoms with Crippen LogP contribution in [0.3, 0.4) is 0 Å². The van der Waals surface area contributed by atoms with Gasteiger partial charge in [0.15, 0.2) is 0 Å². The number of hydrogen-bond donors (Lipinski definition) is 2. The lowest BCUT2D eigenvalue weighted by atomic mass is 10.1. The molecule has 1 fully saturated rings. The number of benzene rings is 1. The maximum absolute atomic E-state index is 12.1. The van der Waals surface area contributed by atoms with Gasteiger partial charge in [-0.05, 0) is 24.1 Å². The molecule has 0 aliphatic carbocycles. The van der Waals surface area contributed by atoms with Gasteiger partial charge in [0.05, 0.1) is 24.9 Å². The van der Waals surface area contributed by atoms with Crippen molar-refractivity contribution in [3.63, 3.8) is 0 Å². The number of carboxylic acids is 1. The number of urea groups is 1.